The monoisotopic (exact) mass is 152 g/mol. The van der Waals surface area contributed by atoms with Crippen LogP contribution in [0.1, 0.15) is 13.8 Å². The second kappa shape index (κ2) is 5.51. The summed E-state index contributed by atoms with van der Waals surface area (Å²) in [5.74, 6) is -0.342. The zero-order valence-corrected chi connectivity index (χ0v) is 7.05. The van der Waals surface area contributed by atoms with Gasteiger partial charge in [0.1, 0.15) is 0 Å². The number of allylic oxidation sites excluding steroid dienone is 2. The van der Waals surface area contributed by atoms with Crippen molar-refractivity contribution >= 4 is 5.97 Å². The molecule has 0 aromatic carbocycles. The van der Waals surface area contributed by atoms with Gasteiger partial charge in [-0.25, -0.2) is 4.79 Å². The number of hydrogen-bond acceptors (Lipinski definition) is 2. The van der Waals surface area contributed by atoms with Gasteiger partial charge >= 0.3 is 5.97 Å². The van der Waals surface area contributed by atoms with Gasteiger partial charge in [0.2, 0.25) is 0 Å². The van der Waals surface area contributed by atoms with E-state index in [1.165, 1.54) is 7.11 Å². The van der Waals surface area contributed by atoms with Crippen LogP contribution in [0.3, 0.4) is 0 Å². The van der Waals surface area contributed by atoms with Crippen molar-refractivity contribution in [3.05, 3.63) is 29.5 Å². The fourth-order valence-corrected chi connectivity index (χ4v) is 0.481. The van der Waals surface area contributed by atoms with E-state index in [0.29, 0.717) is 5.57 Å². The molecule has 0 spiro atoms. The third-order valence-corrected chi connectivity index (χ3v) is 1.08. The average Bonchev–Trinajstić information content (AvgIpc) is 2.03. The molecule has 2 heteroatoms. The summed E-state index contributed by atoms with van der Waals surface area (Å²) in [6.45, 7) is 3.55. The van der Waals surface area contributed by atoms with E-state index in [1.54, 1.807) is 19.1 Å². The summed E-state index contributed by atoms with van der Waals surface area (Å²) < 4.78 is 4.46. The van der Waals surface area contributed by atoms with Gasteiger partial charge < -0.3 is 4.74 Å². The number of rotatable bonds is 2. The van der Waals surface area contributed by atoms with Crippen LogP contribution in [0.4, 0.5) is 0 Å². The van der Waals surface area contributed by atoms with Gasteiger partial charge in [0, 0.05) is 0 Å². The Balaban J connectivity index is 4.32. The van der Waals surface area contributed by atoms with Gasteiger partial charge in [-0.15, -0.1) is 5.73 Å². The maximum atomic E-state index is 10.7. The van der Waals surface area contributed by atoms with E-state index in [9.17, 15) is 4.79 Å². The fourth-order valence-electron chi connectivity index (χ4n) is 0.481. The van der Waals surface area contributed by atoms with Gasteiger partial charge in [-0.3, -0.25) is 0 Å². The van der Waals surface area contributed by atoms with Crippen LogP contribution in [0.2, 0.25) is 0 Å². The van der Waals surface area contributed by atoms with Crippen LogP contribution in [-0.4, -0.2) is 13.1 Å². The van der Waals surface area contributed by atoms with Crippen molar-refractivity contribution in [3.63, 3.8) is 0 Å². The third kappa shape index (κ3) is 4.18. The van der Waals surface area contributed by atoms with Gasteiger partial charge in [0.25, 0.3) is 0 Å². The molecule has 0 aliphatic heterocycles. The molecule has 0 heterocycles. The van der Waals surface area contributed by atoms with Gasteiger partial charge in [-0.1, -0.05) is 12.2 Å². The molecule has 0 aliphatic carbocycles. The number of ether oxygens (including phenoxy) is 1. The van der Waals surface area contributed by atoms with E-state index in [4.69, 9.17) is 0 Å². The highest BCUT2D eigenvalue weighted by atomic mass is 16.5. The normalized spacial score (nSPS) is 9.00. The quantitative estimate of drug-likeness (QED) is 0.261. The highest BCUT2D eigenvalue weighted by Gasteiger charge is 1.98. The molecule has 0 aromatic heterocycles. The van der Waals surface area contributed by atoms with Crippen molar-refractivity contribution in [2.45, 2.75) is 13.8 Å². The molecular formula is C9H12O2. The van der Waals surface area contributed by atoms with E-state index in [-0.39, 0.29) is 5.97 Å². The van der Waals surface area contributed by atoms with E-state index in [0.717, 1.165) is 0 Å². The molecule has 11 heavy (non-hydrogen) atoms. The largest absolute Gasteiger partial charge is 0.465 e. The van der Waals surface area contributed by atoms with Crippen molar-refractivity contribution in [3.8, 4) is 0 Å². The lowest BCUT2D eigenvalue weighted by atomic mass is 10.3. The molecule has 0 rings (SSSR count). The third-order valence-electron chi connectivity index (χ3n) is 1.08. The molecule has 0 saturated heterocycles. The first-order valence-electron chi connectivity index (χ1n) is 3.35. The van der Waals surface area contributed by atoms with Crippen molar-refractivity contribution in [2.75, 3.05) is 7.11 Å². The van der Waals surface area contributed by atoms with Crippen LogP contribution in [0.25, 0.3) is 0 Å². The Hall–Kier alpha value is -1.27. The number of methoxy groups -OCH3 is 1. The molecule has 2 nitrogen and oxygen atoms in total. The molecule has 0 amide bonds. The minimum absolute atomic E-state index is 0.342. The molecule has 0 radical (unpaired) electrons. The first-order chi connectivity index (χ1) is 5.22. The molecular weight excluding hydrogens is 140 g/mol. The van der Waals surface area contributed by atoms with Crippen molar-refractivity contribution in [2.24, 2.45) is 0 Å². The Bertz CT molecular complexity index is 218. The Labute approximate surface area is 66.9 Å². The van der Waals surface area contributed by atoms with Crippen LogP contribution in [0.5, 0.6) is 0 Å². The molecule has 60 valence electrons. The molecule has 0 unspecified atom stereocenters. The lowest BCUT2D eigenvalue weighted by Gasteiger charge is -1.92. The number of esters is 1. The highest BCUT2D eigenvalue weighted by Crippen LogP contribution is 1.91. The summed E-state index contributed by atoms with van der Waals surface area (Å²) in [6.07, 6.45) is 5.33. The maximum Gasteiger partial charge on any atom is 0.341 e. The summed E-state index contributed by atoms with van der Waals surface area (Å²) in [6, 6.07) is 0. The van der Waals surface area contributed by atoms with E-state index < -0.39 is 0 Å². The lowest BCUT2D eigenvalue weighted by molar-refractivity contribution is -0.136. The minimum Gasteiger partial charge on any atom is -0.465 e. The Morgan fingerprint density at radius 2 is 2.18 bits per heavy atom. The SMILES string of the molecule is C/C=C/C=C=C(C)C(=O)OC. The molecule has 0 atom stereocenters. The number of hydrogen-bond donors (Lipinski definition) is 0. The Morgan fingerprint density at radius 3 is 2.64 bits per heavy atom. The Kier molecular flexibility index (Phi) is 4.87. The van der Waals surface area contributed by atoms with E-state index in [1.807, 2.05) is 13.0 Å². The molecule has 0 bridgehead atoms. The lowest BCUT2D eigenvalue weighted by Crippen LogP contribution is -1.99. The topological polar surface area (TPSA) is 26.3 Å². The smallest absolute Gasteiger partial charge is 0.341 e. The van der Waals surface area contributed by atoms with Crippen LogP contribution in [-0.2, 0) is 9.53 Å². The van der Waals surface area contributed by atoms with Crippen LogP contribution in [0, 0.1) is 0 Å². The minimum atomic E-state index is -0.342. The van der Waals surface area contributed by atoms with E-state index in [2.05, 4.69) is 10.5 Å². The average molecular weight is 152 g/mol. The summed E-state index contributed by atoms with van der Waals surface area (Å²) in [7, 11) is 1.35. The van der Waals surface area contributed by atoms with Crippen LogP contribution in [0.15, 0.2) is 29.5 Å². The van der Waals surface area contributed by atoms with Gasteiger partial charge in [-0.05, 0) is 19.9 Å². The van der Waals surface area contributed by atoms with E-state index >= 15 is 0 Å². The van der Waals surface area contributed by atoms with Crippen molar-refractivity contribution in [1.82, 2.24) is 0 Å². The fraction of sp³-hybridized carbons (Fsp3) is 0.333. The van der Waals surface area contributed by atoms with Crippen LogP contribution >= 0.6 is 0 Å². The van der Waals surface area contributed by atoms with Crippen LogP contribution < -0.4 is 0 Å². The predicted octanol–water partition coefficient (Wildman–Crippen LogP) is 1.84. The zero-order valence-electron chi connectivity index (χ0n) is 7.05. The van der Waals surface area contributed by atoms with Gasteiger partial charge in [-0.2, -0.15) is 0 Å². The van der Waals surface area contributed by atoms with Gasteiger partial charge in [0.15, 0.2) is 0 Å². The first-order valence-corrected chi connectivity index (χ1v) is 3.35. The second-order valence-corrected chi connectivity index (χ2v) is 1.95. The van der Waals surface area contributed by atoms with Crippen molar-refractivity contribution < 1.29 is 9.53 Å². The number of carbonyl (C=O) groups excluding carboxylic acids is 1. The Morgan fingerprint density at radius 1 is 1.55 bits per heavy atom. The molecule has 0 fully saturated rings. The van der Waals surface area contributed by atoms with Gasteiger partial charge in [0.05, 0.1) is 12.7 Å². The molecule has 0 N–H and O–H groups in total. The summed E-state index contributed by atoms with van der Waals surface area (Å²) in [4.78, 5) is 10.7. The maximum absolute atomic E-state index is 10.7. The first kappa shape index (κ1) is 9.73. The summed E-state index contributed by atoms with van der Waals surface area (Å²) in [5, 5.41) is 0. The molecule has 0 saturated carbocycles. The standard InChI is InChI=1S/C9H12O2/c1-4-5-6-7-8(2)9(10)11-3/h4-6H,1-3H3/b5-4+. The zero-order chi connectivity index (χ0) is 8.69. The highest BCUT2D eigenvalue weighted by molar-refractivity contribution is 5.87. The summed E-state index contributed by atoms with van der Waals surface area (Å²) >= 11 is 0. The predicted molar refractivity (Wildman–Crippen MR) is 44.1 cm³/mol. The second-order valence-electron chi connectivity index (χ2n) is 1.95. The molecule has 0 aliphatic rings. The number of carbonyl (C=O) groups is 1. The molecule has 0 aromatic rings. The van der Waals surface area contributed by atoms with Crippen molar-refractivity contribution in [1.29, 1.82) is 0 Å². The summed E-state index contributed by atoms with van der Waals surface area (Å²) in [5.41, 5.74) is 3.24.